The van der Waals surface area contributed by atoms with Crippen molar-refractivity contribution < 1.29 is 4.52 Å². The van der Waals surface area contributed by atoms with Gasteiger partial charge in [-0.3, -0.25) is 0 Å². The Morgan fingerprint density at radius 3 is 2.65 bits per heavy atom. The lowest BCUT2D eigenvalue weighted by atomic mass is 9.84. The van der Waals surface area contributed by atoms with Crippen molar-refractivity contribution in [3.8, 4) is 0 Å². The van der Waals surface area contributed by atoms with Gasteiger partial charge in [-0.1, -0.05) is 35.5 Å². The summed E-state index contributed by atoms with van der Waals surface area (Å²) < 4.78 is 5.54. The van der Waals surface area contributed by atoms with Gasteiger partial charge in [-0.25, -0.2) is 0 Å². The van der Waals surface area contributed by atoms with E-state index in [-0.39, 0.29) is 11.0 Å². The predicted molar refractivity (Wildman–Crippen MR) is 77.5 cm³/mol. The first kappa shape index (κ1) is 13.3. The summed E-state index contributed by atoms with van der Waals surface area (Å²) in [6.45, 7) is 7.39. The second-order valence-electron chi connectivity index (χ2n) is 6.28. The van der Waals surface area contributed by atoms with E-state index in [4.69, 9.17) is 4.52 Å². The van der Waals surface area contributed by atoms with Crippen molar-refractivity contribution in [1.82, 2.24) is 15.5 Å². The van der Waals surface area contributed by atoms with Gasteiger partial charge in [0, 0.05) is 0 Å². The predicted octanol–water partition coefficient (Wildman–Crippen LogP) is 2.99. The number of benzene rings is 1. The third-order valence-corrected chi connectivity index (χ3v) is 4.32. The van der Waals surface area contributed by atoms with Gasteiger partial charge in [0.25, 0.3) is 0 Å². The van der Waals surface area contributed by atoms with E-state index in [1.54, 1.807) is 0 Å². The van der Waals surface area contributed by atoms with Gasteiger partial charge in [0.2, 0.25) is 5.89 Å². The number of nitrogens with zero attached hydrogens (tertiary/aromatic N) is 2. The molecule has 1 fully saturated rings. The number of hydrogen-bond acceptors (Lipinski definition) is 4. The molecule has 1 unspecified atom stereocenters. The lowest BCUT2D eigenvalue weighted by Gasteiger charge is -2.21. The molecule has 1 atom stereocenters. The zero-order valence-corrected chi connectivity index (χ0v) is 12.3. The van der Waals surface area contributed by atoms with Gasteiger partial charge in [-0.05, 0) is 45.7 Å². The molecule has 0 spiro atoms. The third kappa shape index (κ3) is 2.14. The van der Waals surface area contributed by atoms with Crippen LogP contribution in [-0.2, 0) is 11.0 Å². The van der Waals surface area contributed by atoms with Crippen LogP contribution in [0.3, 0.4) is 0 Å². The van der Waals surface area contributed by atoms with Crippen LogP contribution >= 0.6 is 0 Å². The molecule has 1 aromatic carbocycles. The number of rotatable bonds is 3. The second-order valence-corrected chi connectivity index (χ2v) is 6.28. The minimum Gasteiger partial charge on any atom is -0.337 e. The summed E-state index contributed by atoms with van der Waals surface area (Å²) in [5.41, 5.74) is 0.771. The van der Waals surface area contributed by atoms with Crippen LogP contribution in [0.4, 0.5) is 0 Å². The van der Waals surface area contributed by atoms with Crippen molar-refractivity contribution in [2.45, 2.75) is 44.6 Å². The van der Waals surface area contributed by atoms with E-state index < -0.39 is 0 Å². The summed E-state index contributed by atoms with van der Waals surface area (Å²) in [6.07, 6.45) is 2.19. The topological polar surface area (TPSA) is 51.0 Å². The van der Waals surface area contributed by atoms with Crippen LogP contribution in [0.2, 0.25) is 0 Å². The Morgan fingerprint density at radius 2 is 2.00 bits per heavy atom. The highest BCUT2D eigenvalue weighted by Gasteiger charge is 2.38. The summed E-state index contributed by atoms with van der Waals surface area (Å²) in [6, 6.07) is 10.3. The molecule has 0 amide bonds. The molecule has 1 saturated heterocycles. The van der Waals surface area contributed by atoms with Crippen molar-refractivity contribution >= 4 is 0 Å². The maximum absolute atomic E-state index is 5.54. The van der Waals surface area contributed by atoms with E-state index in [0.717, 1.165) is 25.2 Å². The second kappa shape index (κ2) is 4.70. The molecule has 0 aliphatic carbocycles. The van der Waals surface area contributed by atoms with Gasteiger partial charge in [-0.15, -0.1) is 0 Å². The molecule has 1 N–H and O–H groups in total. The Balaban J connectivity index is 1.94. The van der Waals surface area contributed by atoms with Gasteiger partial charge >= 0.3 is 0 Å². The molecule has 2 heterocycles. The maximum Gasteiger partial charge on any atom is 0.246 e. The summed E-state index contributed by atoms with van der Waals surface area (Å²) >= 11 is 0. The van der Waals surface area contributed by atoms with E-state index in [9.17, 15) is 0 Å². The molecular weight excluding hydrogens is 250 g/mol. The summed E-state index contributed by atoms with van der Waals surface area (Å²) in [5.74, 6) is 1.45. The zero-order chi connectivity index (χ0) is 14.2. The molecule has 0 radical (unpaired) electrons. The number of nitrogens with one attached hydrogen (secondary N) is 1. The van der Waals surface area contributed by atoms with Gasteiger partial charge in [-0.2, -0.15) is 4.98 Å². The first-order valence-corrected chi connectivity index (χ1v) is 7.18. The van der Waals surface area contributed by atoms with Crippen molar-refractivity contribution in [3.05, 3.63) is 47.6 Å². The minimum atomic E-state index is -0.252. The van der Waals surface area contributed by atoms with Crippen molar-refractivity contribution in [2.75, 3.05) is 6.54 Å². The van der Waals surface area contributed by atoms with Crippen LogP contribution in [0.25, 0.3) is 0 Å². The van der Waals surface area contributed by atoms with Crippen LogP contribution in [-0.4, -0.2) is 16.7 Å². The molecular formula is C16H21N3O. The molecule has 1 aliphatic rings. The van der Waals surface area contributed by atoms with E-state index in [1.807, 2.05) is 18.2 Å². The molecule has 20 heavy (non-hydrogen) atoms. The molecule has 0 saturated carbocycles. The normalized spacial score (nSPS) is 23.1. The number of hydrogen-bond donors (Lipinski definition) is 1. The van der Waals surface area contributed by atoms with Crippen LogP contribution in [0.5, 0.6) is 0 Å². The van der Waals surface area contributed by atoms with Crippen LogP contribution in [0.1, 0.15) is 50.9 Å². The molecule has 4 nitrogen and oxygen atoms in total. The van der Waals surface area contributed by atoms with Gasteiger partial charge in [0.05, 0.1) is 11.0 Å². The maximum atomic E-state index is 5.54. The fraction of sp³-hybridized carbons (Fsp3) is 0.500. The first-order valence-electron chi connectivity index (χ1n) is 7.18. The number of aromatic nitrogens is 2. The van der Waals surface area contributed by atoms with Gasteiger partial charge in [0.1, 0.15) is 0 Å². The van der Waals surface area contributed by atoms with E-state index in [2.05, 4.69) is 48.4 Å². The minimum absolute atomic E-state index is 0.169. The lowest BCUT2D eigenvalue weighted by Crippen LogP contribution is -2.33. The largest absolute Gasteiger partial charge is 0.337 e. The molecule has 2 aromatic rings. The van der Waals surface area contributed by atoms with E-state index >= 15 is 0 Å². The highest BCUT2D eigenvalue weighted by Crippen LogP contribution is 2.33. The van der Waals surface area contributed by atoms with Crippen molar-refractivity contribution in [1.29, 1.82) is 0 Å². The SMILES string of the molecule is CC1(c2nc(C(C)(C)c3ccccc3)no2)CCCN1. The summed E-state index contributed by atoms with van der Waals surface area (Å²) in [7, 11) is 0. The van der Waals surface area contributed by atoms with Crippen LogP contribution < -0.4 is 5.32 Å². The summed E-state index contributed by atoms with van der Waals surface area (Å²) in [5, 5.41) is 7.69. The Morgan fingerprint density at radius 1 is 1.25 bits per heavy atom. The highest BCUT2D eigenvalue weighted by atomic mass is 16.5. The Kier molecular flexibility index (Phi) is 3.13. The quantitative estimate of drug-likeness (QED) is 0.932. The zero-order valence-electron chi connectivity index (χ0n) is 12.3. The smallest absolute Gasteiger partial charge is 0.246 e. The Labute approximate surface area is 119 Å². The molecule has 1 aliphatic heterocycles. The van der Waals surface area contributed by atoms with Crippen molar-refractivity contribution in [3.63, 3.8) is 0 Å². The fourth-order valence-electron chi connectivity index (χ4n) is 2.76. The van der Waals surface area contributed by atoms with Crippen LogP contribution in [0, 0.1) is 0 Å². The van der Waals surface area contributed by atoms with E-state index in [1.165, 1.54) is 5.56 Å². The third-order valence-electron chi connectivity index (χ3n) is 4.32. The molecule has 0 bridgehead atoms. The van der Waals surface area contributed by atoms with Crippen molar-refractivity contribution in [2.24, 2.45) is 0 Å². The van der Waals surface area contributed by atoms with Gasteiger partial charge in [0.15, 0.2) is 5.82 Å². The summed E-state index contributed by atoms with van der Waals surface area (Å²) in [4.78, 5) is 4.67. The molecule has 1 aromatic heterocycles. The standard InChI is InChI=1S/C16H21N3O/c1-15(2,12-8-5-4-6-9-12)13-18-14(20-19-13)16(3)10-7-11-17-16/h4-6,8-9,17H,7,10-11H2,1-3H3. The van der Waals surface area contributed by atoms with E-state index in [0.29, 0.717) is 5.89 Å². The molecule has 3 rings (SSSR count). The highest BCUT2D eigenvalue weighted by molar-refractivity contribution is 5.30. The Bertz CT molecular complexity index is 583. The average Bonchev–Trinajstić information content (AvgIpc) is 3.09. The molecule has 4 heteroatoms. The monoisotopic (exact) mass is 271 g/mol. The van der Waals surface area contributed by atoms with Crippen LogP contribution in [0.15, 0.2) is 34.9 Å². The Hall–Kier alpha value is -1.68. The lowest BCUT2D eigenvalue weighted by molar-refractivity contribution is 0.273. The first-order chi connectivity index (χ1) is 9.52. The fourth-order valence-corrected chi connectivity index (χ4v) is 2.76. The average molecular weight is 271 g/mol. The molecule has 106 valence electrons. The van der Waals surface area contributed by atoms with Gasteiger partial charge < -0.3 is 9.84 Å².